The Morgan fingerprint density at radius 1 is 1.50 bits per heavy atom. The second kappa shape index (κ2) is 5.86. The van der Waals surface area contributed by atoms with E-state index >= 15 is 0 Å². The van der Waals surface area contributed by atoms with E-state index in [-0.39, 0.29) is 7.47 Å². The van der Waals surface area contributed by atoms with E-state index in [4.69, 9.17) is 5.73 Å². The first kappa shape index (κ1) is 13.0. The maximum absolute atomic E-state index is 5.98. The average Bonchev–Trinajstić information content (AvgIpc) is 2.72. The third kappa shape index (κ3) is 2.53. The van der Waals surface area contributed by atoms with Crippen LogP contribution < -0.4 is 5.73 Å². The summed E-state index contributed by atoms with van der Waals surface area (Å²) in [5.74, 6) is 0. The lowest BCUT2D eigenvalue weighted by Gasteiger charge is -2.08. The van der Waals surface area contributed by atoms with Crippen LogP contribution in [0.15, 0.2) is 24.8 Å². The van der Waals surface area contributed by atoms with Gasteiger partial charge in [-0.25, -0.2) is 0 Å². The van der Waals surface area contributed by atoms with Crippen molar-refractivity contribution in [1.82, 2.24) is 0 Å². The van der Waals surface area contributed by atoms with E-state index in [2.05, 4.69) is 31.7 Å². The maximum atomic E-state index is 5.98. The molecule has 0 fully saturated rings. The van der Waals surface area contributed by atoms with Crippen molar-refractivity contribution >= 4 is 5.57 Å². The van der Waals surface area contributed by atoms with Crippen molar-refractivity contribution in [3.8, 4) is 0 Å². The molecule has 1 nitrogen and oxygen atoms in total. The van der Waals surface area contributed by atoms with Crippen LogP contribution >= 0.6 is 0 Å². The number of rotatable bonds is 2. The maximum Gasteiger partial charge on any atom is 0.0300 e. The van der Waals surface area contributed by atoms with Crippen molar-refractivity contribution in [2.75, 3.05) is 0 Å². The highest BCUT2D eigenvalue weighted by atomic mass is 14.6. The van der Waals surface area contributed by atoms with Crippen LogP contribution in [0.2, 0.25) is 0 Å². The van der Waals surface area contributed by atoms with Crippen molar-refractivity contribution in [1.29, 1.82) is 0 Å². The largest absolute Gasteiger partial charge is 0.324 e. The molecule has 16 heavy (non-hydrogen) atoms. The van der Waals surface area contributed by atoms with Gasteiger partial charge in [0.2, 0.25) is 0 Å². The van der Waals surface area contributed by atoms with Crippen molar-refractivity contribution in [3.05, 3.63) is 41.5 Å². The SMILES string of the molecule is C=C(CC)c1ccc2c(c1)CC[C@@H]2N.CC.[HH]. The second-order valence-corrected chi connectivity index (χ2v) is 4.02. The summed E-state index contributed by atoms with van der Waals surface area (Å²) in [4.78, 5) is 0. The lowest BCUT2D eigenvalue weighted by molar-refractivity contribution is 0.713. The molecule has 0 spiro atoms. The summed E-state index contributed by atoms with van der Waals surface area (Å²) in [6.07, 6.45) is 3.24. The van der Waals surface area contributed by atoms with Crippen LogP contribution in [-0.2, 0) is 6.42 Å². The molecule has 1 aliphatic carbocycles. The summed E-state index contributed by atoms with van der Waals surface area (Å²) in [6, 6.07) is 6.83. The monoisotopic (exact) mass is 219 g/mol. The highest BCUT2D eigenvalue weighted by Crippen LogP contribution is 2.31. The molecule has 0 unspecified atom stereocenters. The van der Waals surface area contributed by atoms with Crippen LogP contribution in [0.4, 0.5) is 0 Å². The van der Waals surface area contributed by atoms with Gasteiger partial charge >= 0.3 is 0 Å². The molecule has 1 aromatic carbocycles. The Kier molecular flexibility index (Phi) is 4.75. The molecular weight excluding hydrogens is 194 g/mol. The molecular formula is C15H25N. The number of hydrogen-bond acceptors (Lipinski definition) is 1. The average molecular weight is 219 g/mol. The molecule has 0 heterocycles. The standard InChI is InChI=1S/C13H17N.C2H6.H2/c1-3-9(2)10-4-6-12-11(8-10)5-7-13(12)14;1-2;/h4,6,8,13H,2-3,5,7,14H2,1H3;1-2H3;1H/t13-;;/m0../s1. The van der Waals surface area contributed by atoms with Crippen LogP contribution in [0.1, 0.15) is 57.8 Å². The lowest BCUT2D eigenvalue weighted by atomic mass is 9.99. The molecule has 0 radical (unpaired) electrons. The Hall–Kier alpha value is -1.08. The first-order valence-corrected chi connectivity index (χ1v) is 6.29. The topological polar surface area (TPSA) is 26.0 Å². The molecule has 1 atom stereocenters. The number of fused-ring (bicyclic) bond motifs is 1. The fourth-order valence-electron chi connectivity index (χ4n) is 2.07. The zero-order valence-corrected chi connectivity index (χ0v) is 10.7. The minimum absolute atomic E-state index is 0. The predicted octanol–water partition coefficient (Wildman–Crippen LogP) is 4.33. The number of nitrogens with two attached hydrogens (primary N) is 1. The van der Waals surface area contributed by atoms with Crippen LogP contribution in [-0.4, -0.2) is 0 Å². The smallest absolute Gasteiger partial charge is 0.0300 e. The zero-order valence-electron chi connectivity index (χ0n) is 10.7. The van der Waals surface area contributed by atoms with E-state index in [0.29, 0.717) is 0 Å². The molecule has 0 aliphatic heterocycles. The van der Waals surface area contributed by atoms with Crippen LogP contribution in [0, 0.1) is 0 Å². The number of allylic oxidation sites excluding steroid dienone is 1. The number of aryl methyl sites for hydroxylation is 1. The summed E-state index contributed by atoms with van der Waals surface area (Å²) in [6.45, 7) is 10.2. The molecule has 0 saturated carbocycles. The molecule has 2 N–H and O–H groups in total. The van der Waals surface area contributed by atoms with Crippen LogP contribution in [0.5, 0.6) is 0 Å². The van der Waals surface area contributed by atoms with Gasteiger partial charge in [-0.1, -0.05) is 45.5 Å². The van der Waals surface area contributed by atoms with Crippen molar-refractivity contribution in [2.24, 2.45) is 5.73 Å². The van der Waals surface area contributed by atoms with Gasteiger partial charge in [0.05, 0.1) is 0 Å². The van der Waals surface area contributed by atoms with Gasteiger partial charge in [0, 0.05) is 7.47 Å². The van der Waals surface area contributed by atoms with Gasteiger partial charge in [-0.3, -0.25) is 0 Å². The summed E-state index contributed by atoms with van der Waals surface area (Å²) in [7, 11) is 0. The van der Waals surface area contributed by atoms with Gasteiger partial charge in [-0.2, -0.15) is 0 Å². The van der Waals surface area contributed by atoms with Gasteiger partial charge in [0.1, 0.15) is 0 Å². The fourth-order valence-corrected chi connectivity index (χ4v) is 2.07. The van der Waals surface area contributed by atoms with Crippen LogP contribution in [0.25, 0.3) is 5.57 Å². The molecule has 0 bridgehead atoms. The Labute approximate surface area is 101 Å². The van der Waals surface area contributed by atoms with E-state index in [9.17, 15) is 0 Å². The van der Waals surface area contributed by atoms with Gasteiger partial charge in [0.25, 0.3) is 0 Å². The number of benzene rings is 1. The highest BCUT2D eigenvalue weighted by molar-refractivity contribution is 5.64. The third-order valence-corrected chi connectivity index (χ3v) is 3.10. The van der Waals surface area contributed by atoms with Gasteiger partial charge < -0.3 is 5.73 Å². The van der Waals surface area contributed by atoms with Crippen LogP contribution in [0.3, 0.4) is 0 Å². The highest BCUT2D eigenvalue weighted by Gasteiger charge is 2.18. The van der Waals surface area contributed by atoms with Crippen molar-refractivity contribution in [3.63, 3.8) is 0 Å². The van der Waals surface area contributed by atoms with E-state index in [0.717, 1.165) is 19.3 Å². The molecule has 1 aromatic rings. The minimum atomic E-state index is 0. The first-order valence-electron chi connectivity index (χ1n) is 6.29. The molecule has 1 aliphatic rings. The normalized spacial score (nSPS) is 17.4. The molecule has 0 aromatic heterocycles. The summed E-state index contributed by atoms with van der Waals surface area (Å²) < 4.78 is 0. The third-order valence-electron chi connectivity index (χ3n) is 3.10. The molecule has 1 heteroatoms. The zero-order chi connectivity index (χ0) is 12.1. The van der Waals surface area contributed by atoms with Crippen molar-refractivity contribution < 1.29 is 1.43 Å². The summed E-state index contributed by atoms with van der Waals surface area (Å²) in [5.41, 5.74) is 11.2. The van der Waals surface area contributed by atoms with Gasteiger partial charge in [0.15, 0.2) is 0 Å². The molecule has 90 valence electrons. The minimum Gasteiger partial charge on any atom is -0.324 e. The Balaban J connectivity index is 0.000000811. The van der Waals surface area contributed by atoms with E-state index in [1.54, 1.807) is 0 Å². The lowest BCUT2D eigenvalue weighted by Crippen LogP contribution is -2.04. The second-order valence-electron chi connectivity index (χ2n) is 4.02. The Morgan fingerprint density at radius 2 is 2.19 bits per heavy atom. The van der Waals surface area contributed by atoms with Crippen molar-refractivity contribution in [2.45, 2.75) is 46.1 Å². The summed E-state index contributed by atoms with van der Waals surface area (Å²) in [5, 5.41) is 0. The number of hydrogen-bond donors (Lipinski definition) is 1. The van der Waals surface area contributed by atoms with E-state index in [1.807, 2.05) is 13.8 Å². The summed E-state index contributed by atoms with van der Waals surface area (Å²) >= 11 is 0. The Bertz CT molecular complexity index is 371. The molecule has 0 amide bonds. The molecule has 2 rings (SSSR count). The van der Waals surface area contributed by atoms with Gasteiger partial charge in [-0.05, 0) is 41.5 Å². The Morgan fingerprint density at radius 3 is 2.81 bits per heavy atom. The fraction of sp³-hybridized carbons (Fsp3) is 0.467. The van der Waals surface area contributed by atoms with E-state index in [1.165, 1.54) is 22.3 Å². The van der Waals surface area contributed by atoms with Gasteiger partial charge in [-0.15, -0.1) is 0 Å². The first-order chi connectivity index (χ1) is 7.72. The molecule has 0 saturated heterocycles. The van der Waals surface area contributed by atoms with E-state index < -0.39 is 0 Å². The predicted molar refractivity (Wildman–Crippen MR) is 74.5 cm³/mol. The quantitative estimate of drug-likeness (QED) is 0.787.